The van der Waals surface area contributed by atoms with Crippen LogP contribution in [0.4, 0.5) is 0 Å². The summed E-state index contributed by atoms with van der Waals surface area (Å²) in [6.07, 6.45) is 16.4. The van der Waals surface area contributed by atoms with Gasteiger partial charge < -0.3 is 0 Å². The smallest absolute Gasteiger partial charge is 0.269 e. The lowest BCUT2D eigenvalue weighted by molar-refractivity contribution is -0.600. The molecule has 0 aliphatic rings. The van der Waals surface area contributed by atoms with E-state index in [0.717, 1.165) is 11.4 Å². The highest BCUT2D eigenvalue weighted by Gasteiger charge is 2.37. The Balaban J connectivity index is 0.000000182. The average Bonchev–Trinajstić information content (AvgIpc) is 1.54. The molecule has 13 aromatic rings. The highest BCUT2D eigenvalue weighted by molar-refractivity contribution is 7.74. The second-order valence-corrected chi connectivity index (χ2v) is 31.4. The van der Waals surface area contributed by atoms with Crippen LogP contribution in [0.15, 0.2) is 231 Å². The molecule has 0 aliphatic carbocycles. The van der Waals surface area contributed by atoms with E-state index in [0.29, 0.717) is 0 Å². The van der Waals surface area contributed by atoms with Gasteiger partial charge in [-0.2, -0.15) is 0 Å². The first kappa shape index (κ1) is 69.9. The van der Waals surface area contributed by atoms with Gasteiger partial charge in [0.05, 0.1) is 56.3 Å². The molecule has 13 rings (SSSR count). The number of hydrogen-bond donors (Lipinski definition) is 0. The number of hydrogen-bond acceptors (Lipinski definition) is 2. The van der Waals surface area contributed by atoms with Crippen molar-refractivity contribution >= 4 is 37.3 Å². The predicted molar refractivity (Wildman–Crippen MR) is 414 cm³/mol. The minimum absolute atomic E-state index is 0.0271. The van der Waals surface area contributed by atoms with E-state index in [2.05, 4.69) is 326 Å². The highest BCUT2D eigenvalue weighted by atomic mass is 31.1. The van der Waals surface area contributed by atoms with Crippen LogP contribution in [-0.4, -0.2) is 19.1 Å². The number of rotatable bonds is 14. The van der Waals surface area contributed by atoms with E-state index in [4.69, 9.17) is 9.97 Å². The van der Waals surface area contributed by atoms with E-state index < -0.39 is 15.8 Å². The summed E-state index contributed by atoms with van der Waals surface area (Å²) < 4.78 is 9.28. The van der Waals surface area contributed by atoms with E-state index in [-0.39, 0.29) is 11.3 Å². The van der Waals surface area contributed by atoms with Gasteiger partial charge in [-0.1, -0.05) is 215 Å². The standard InChI is InChI=1S/2C42H44N3P.C6H6/c2*1-27-19-30(4)39(31(5)20-27)44-25-38(45(26-44)40-32(6)21-28(2)22-33(40)7)46(41-34(8)23-29(3)24-35(41)9)42(36-15-11-10-12-16-36)37-17-13-14-18-43-37;1-2-4-6-5-3-1/h2*10-25,42H,1-9H3;1-6H/t2*42-,46?;/m00./s1. The fraction of sp³-hybridized carbons (Fsp3) is 0.222. The van der Waals surface area contributed by atoms with E-state index in [9.17, 15) is 0 Å². The number of aromatic nitrogens is 6. The van der Waals surface area contributed by atoms with Crippen molar-refractivity contribution in [2.24, 2.45) is 0 Å². The molecule has 0 spiro atoms. The first-order chi connectivity index (χ1) is 47.1. The summed E-state index contributed by atoms with van der Waals surface area (Å²) in [4.78, 5) is 10.1. The summed E-state index contributed by atoms with van der Waals surface area (Å²) in [5.74, 6) is 0. The van der Waals surface area contributed by atoms with Gasteiger partial charge in [0.1, 0.15) is 0 Å². The Morgan fingerprint density at radius 3 is 0.806 bits per heavy atom. The lowest BCUT2D eigenvalue weighted by Gasteiger charge is -2.32. The Morgan fingerprint density at radius 1 is 0.296 bits per heavy atom. The number of benzene rings is 9. The van der Waals surface area contributed by atoms with Gasteiger partial charge in [0.15, 0.2) is 0 Å². The molecule has 6 nitrogen and oxygen atoms in total. The molecule has 9 aromatic carbocycles. The summed E-state index contributed by atoms with van der Waals surface area (Å²) in [6, 6.07) is 74.3. The average molecular weight is 1320 g/mol. The van der Waals surface area contributed by atoms with E-state index >= 15 is 0 Å². The van der Waals surface area contributed by atoms with Gasteiger partial charge in [-0.05, 0) is 253 Å². The minimum Gasteiger partial charge on any atom is -0.298 e. The van der Waals surface area contributed by atoms with Gasteiger partial charge in [-0.25, -0.2) is 0 Å². The number of imidazole rings is 2. The number of nitrogens with zero attached hydrogens (tertiary/aromatic N) is 6. The van der Waals surface area contributed by atoms with Crippen LogP contribution in [0.2, 0.25) is 0 Å². The Hall–Kier alpha value is -9.44. The van der Waals surface area contributed by atoms with Crippen LogP contribution in [-0.2, 0) is 0 Å². The van der Waals surface area contributed by atoms with Crippen LogP contribution < -0.4 is 30.6 Å². The van der Waals surface area contributed by atoms with Crippen molar-refractivity contribution in [1.29, 1.82) is 0 Å². The maximum Gasteiger partial charge on any atom is 0.269 e. The van der Waals surface area contributed by atoms with E-state index in [1.165, 1.54) is 155 Å². The fourth-order valence-corrected chi connectivity index (χ4v) is 21.5. The van der Waals surface area contributed by atoms with Gasteiger partial charge in [0, 0.05) is 24.8 Å². The lowest BCUT2D eigenvalue weighted by Crippen LogP contribution is -2.32. The second-order valence-electron chi connectivity index (χ2n) is 27.1. The van der Waals surface area contributed by atoms with Crippen molar-refractivity contribution in [1.82, 2.24) is 19.1 Å². The number of aryl methyl sites for hydroxylation is 18. The maximum atomic E-state index is 5.05. The van der Waals surface area contributed by atoms with Gasteiger partial charge in [-0.15, -0.1) is 0 Å². The monoisotopic (exact) mass is 1320 g/mol. The summed E-state index contributed by atoms with van der Waals surface area (Å²) in [5.41, 5.74) is 35.0. The molecule has 0 bridgehead atoms. The topological polar surface area (TPSA) is 43.4 Å². The molecule has 494 valence electrons. The van der Waals surface area contributed by atoms with E-state index in [1.807, 2.05) is 60.9 Å². The fourth-order valence-electron chi connectivity index (χ4n) is 15.3. The normalized spacial score (nSPS) is 12.4. The van der Waals surface area contributed by atoms with E-state index in [1.54, 1.807) is 0 Å². The first-order valence-electron chi connectivity index (χ1n) is 34.2. The third-order valence-corrected chi connectivity index (χ3v) is 24.6. The third-order valence-electron chi connectivity index (χ3n) is 18.4. The molecule has 0 N–H and O–H groups in total. The lowest BCUT2D eigenvalue weighted by atomic mass is 10.0. The highest BCUT2D eigenvalue weighted by Crippen LogP contribution is 2.56. The van der Waals surface area contributed by atoms with Gasteiger partial charge in [0.2, 0.25) is 0 Å². The van der Waals surface area contributed by atoms with Crippen molar-refractivity contribution in [3.8, 4) is 22.7 Å². The molecule has 0 radical (unpaired) electrons. The van der Waals surface area contributed by atoms with Crippen LogP contribution in [0, 0.1) is 137 Å². The molecular weight excluding hydrogens is 1230 g/mol. The quantitative estimate of drug-likeness (QED) is 0.0619. The maximum absolute atomic E-state index is 5.05. The second kappa shape index (κ2) is 30.5. The molecule has 0 aliphatic heterocycles. The minimum atomic E-state index is -1.04. The molecule has 4 heterocycles. The summed E-state index contributed by atoms with van der Waals surface area (Å²) in [6.45, 7) is 40.0. The van der Waals surface area contributed by atoms with Crippen LogP contribution >= 0.6 is 15.8 Å². The molecule has 4 aromatic heterocycles. The van der Waals surface area contributed by atoms with Crippen LogP contribution in [0.1, 0.15) is 134 Å². The Bertz CT molecular complexity index is 4410. The van der Waals surface area contributed by atoms with Gasteiger partial charge in [0.25, 0.3) is 12.7 Å². The van der Waals surface area contributed by atoms with Crippen molar-refractivity contribution < 1.29 is 9.13 Å². The first-order valence-corrected chi connectivity index (χ1v) is 37.0. The Labute approximate surface area is 587 Å². The molecule has 2 unspecified atom stereocenters. The largest absolute Gasteiger partial charge is 0.298 e. The zero-order valence-electron chi connectivity index (χ0n) is 60.7. The molecule has 4 atom stereocenters. The third kappa shape index (κ3) is 15.1. The van der Waals surface area contributed by atoms with Crippen LogP contribution in [0.3, 0.4) is 0 Å². The Kier molecular flexibility index (Phi) is 21.8. The molecule has 0 fully saturated rings. The molecular formula is C90H94N6P2. The van der Waals surface area contributed by atoms with Crippen LogP contribution in [0.5, 0.6) is 0 Å². The van der Waals surface area contributed by atoms with Gasteiger partial charge in [-0.3, -0.25) is 28.2 Å². The van der Waals surface area contributed by atoms with Crippen molar-refractivity contribution in [2.45, 2.75) is 136 Å². The van der Waals surface area contributed by atoms with Crippen molar-refractivity contribution in [3.63, 3.8) is 0 Å². The number of pyridine rings is 2. The SMILES string of the molecule is Cc1cc(C)c(-n2[c-][n+](-c3c(C)cc(C)cc3C)cc2P(c2c(C)cc(C)cc2C)[C@@H](c2ccccc2)c2ccccn2)c(C)c1.Cc1cc(C)c(-n2[c-][n+](-c3c(C)cc(C)cc3C)cc2P(c2c(C)cc(C)cc2C)[C@@H](c2ccccc2)c2ccccn2)c(C)c1.c1ccccc1. The predicted octanol–water partition coefficient (Wildman–Crippen LogP) is 19.6. The molecule has 8 heteroatoms. The Morgan fingerprint density at radius 2 is 0.541 bits per heavy atom. The van der Waals surface area contributed by atoms with Gasteiger partial charge >= 0.3 is 0 Å². The summed E-state index contributed by atoms with van der Waals surface area (Å²) >= 11 is 0. The summed E-state index contributed by atoms with van der Waals surface area (Å²) in [7, 11) is -2.09. The zero-order valence-corrected chi connectivity index (χ0v) is 62.5. The molecule has 0 saturated heterocycles. The molecule has 0 amide bonds. The van der Waals surface area contributed by atoms with Crippen LogP contribution in [0.25, 0.3) is 22.7 Å². The molecule has 0 saturated carbocycles. The van der Waals surface area contributed by atoms with Crippen molar-refractivity contribution in [3.05, 3.63) is 366 Å². The zero-order chi connectivity index (χ0) is 69.6. The summed E-state index contributed by atoms with van der Waals surface area (Å²) in [5, 5.41) is 2.81. The molecule has 98 heavy (non-hydrogen) atoms. The van der Waals surface area contributed by atoms with Crippen molar-refractivity contribution in [2.75, 3.05) is 0 Å².